The number of aromatic nitrogens is 1. The van der Waals surface area contributed by atoms with E-state index in [9.17, 15) is 0 Å². The van der Waals surface area contributed by atoms with E-state index in [4.69, 9.17) is 10.4 Å². The normalized spacial score (nSPS) is 13.1. The number of allylic oxidation sites excluding steroid dienone is 1. The van der Waals surface area contributed by atoms with E-state index in [0.717, 1.165) is 33.2 Å². The summed E-state index contributed by atoms with van der Waals surface area (Å²) < 4.78 is 0. The Morgan fingerprint density at radius 1 is 0.492 bits per heavy atom. The van der Waals surface area contributed by atoms with Crippen LogP contribution in [0.25, 0.3) is 82.9 Å². The lowest BCUT2D eigenvalue weighted by molar-refractivity contribution is 0.661. The largest absolute Gasteiger partial charge is 0.282 e. The van der Waals surface area contributed by atoms with Crippen molar-refractivity contribution >= 4 is 49.9 Å². The molecule has 0 radical (unpaired) electrons. The molecule has 0 aliphatic heterocycles. The molecule has 63 heavy (non-hydrogen) atoms. The third-order valence-corrected chi connectivity index (χ3v) is 12.9. The summed E-state index contributed by atoms with van der Waals surface area (Å²) in [5.74, 6) is 0.208. The number of pyridine rings is 1. The maximum Gasteiger partial charge on any atom is 0.152 e. The molecule has 11 rings (SSSR count). The molecular weight excluding hydrogens is 763 g/mol. The van der Waals surface area contributed by atoms with E-state index in [0.29, 0.717) is 5.71 Å². The summed E-state index contributed by atoms with van der Waals surface area (Å²) in [6.07, 6.45) is 7.84. The molecule has 1 aliphatic rings. The summed E-state index contributed by atoms with van der Waals surface area (Å²) in [5.41, 5.74) is 15.8. The molecule has 1 N–H and O–H groups in total. The SMILES string of the molecule is CC1(C)c2ccc(-c3ccc(-c4ccc(/C=C/C(=NC(=N)c5ccccc5)c5cccc(-c6cccnc6)c5)c5ccccc45)c4ccccc34)cc2-c2c1ccc1ccccc21. The molecule has 0 bridgehead atoms. The average Bonchev–Trinajstić information content (AvgIpc) is 3.58. The number of fused-ring (bicyclic) bond motifs is 7. The molecule has 0 atom stereocenters. The molecule has 9 aromatic carbocycles. The lowest BCUT2D eigenvalue weighted by Gasteiger charge is -2.22. The van der Waals surface area contributed by atoms with Gasteiger partial charge in [-0.15, -0.1) is 0 Å². The van der Waals surface area contributed by atoms with Gasteiger partial charge in [0.25, 0.3) is 0 Å². The average molecular weight is 806 g/mol. The Morgan fingerprint density at radius 3 is 1.90 bits per heavy atom. The maximum atomic E-state index is 8.98. The summed E-state index contributed by atoms with van der Waals surface area (Å²) in [6, 6.07) is 69.1. The minimum atomic E-state index is -0.0769. The van der Waals surface area contributed by atoms with Gasteiger partial charge in [-0.05, 0) is 112 Å². The Balaban J connectivity index is 0.999. The van der Waals surface area contributed by atoms with Gasteiger partial charge in [0.2, 0.25) is 0 Å². The van der Waals surface area contributed by atoms with Crippen LogP contribution in [0, 0.1) is 5.41 Å². The zero-order valence-electron chi connectivity index (χ0n) is 35.2. The molecule has 1 aromatic heterocycles. The maximum absolute atomic E-state index is 8.98. The highest BCUT2D eigenvalue weighted by Gasteiger charge is 2.36. The number of hydrogen-bond donors (Lipinski definition) is 1. The highest BCUT2D eigenvalue weighted by molar-refractivity contribution is 6.19. The first-order valence-corrected chi connectivity index (χ1v) is 21.6. The minimum absolute atomic E-state index is 0.0769. The third kappa shape index (κ3) is 6.66. The van der Waals surface area contributed by atoms with Crippen LogP contribution in [-0.4, -0.2) is 16.5 Å². The molecule has 0 fully saturated rings. The molecule has 1 heterocycles. The summed E-state index contributed by atoms with van der Waals surface area (Å²) in [5, 5.41) is 16.3. The molecule has 0 spiro atoms. The number of rotatable bonds is 7. The Morgan fingerprint density at radius 2 is 1.13 bits per heavy atom. The molecule has 1 aliphatic carbocycles. The van der Waals surface area contributed by atoms with E-state index in [2.05, 4.69) is 177 Å². The topological polar surface area (TPSA) is 49.1 Å². The van der Waals surface area contributed by atoms with Crippen molar-refractivity contribution in [2.75, 3.05) is 0 Å². The number of benzene rings is 9. The van der Waals surface area contributed by atoms with Crippen LogP contribution in [0.3, 0.4) is 0 Å². The van der Waals surface area contributed by atoms with Crippen molar-refractivity contribution < 1.29 is 0 Å². The predicted molar refractivity (Wildman–Crippen MR) is 266 cm³/mol. The zero-order valence-corrected chi connectivity index (χ0v) is 35.2. The van der Waals surface area contributed by atoms with E-state index in [-0.39, 0.29) is 11.3 Å². The van der Waals surface area contributed by atoms with Gasteiger partial charge in [0.05, 0.1) is 5.71 Å². The smallest absolute Gasteiger partial charge is 0.152 e. The summed E-state index contributed by atoms with van der Waals surface area (Å²) in [7, 11) is 0. The fourth-order valence-corrected chi connectivity index (χ4v) is 9.72. The van der Waals surface area contributed by atoms with Gasteiger partial charge < -0.3 is 0 Å². The van der Waals surface area contributed by atoms with Crippen molar-refractivity contribution in [2.45, 2.75) is 19.3 Å². The van der Waals surface area contributed by atoms with Crippen molar-refractivity contribution in [3.8, 4) is 44.5 Å². The van der Waals surface area contributed by atoms with Crippen molar-refractivity contribution in [1.29, 1.82) is 5.41 Å². The zero-order chi connectivity index (χ0) is 42.5. The van der Waals surface area contributed by atoms with Crippen molar-refractivity contribution in [2.24, 2.45) is 4.99 Å². The highest BCUT2D eigenvalue weighted by atomic mass is 14.8. The van der Waals surface area contributed by atoms with Crippen LogP contribution in [0.15, 0.2) is 218 Å². The molecular formula is C60H43N3. The van der Waals surface area contributed by atoms with Gasteiger partial charge in [0.15, 0.2) is 5.84 Å². The lowest BCUT2D eigenvalue weighted by atomic mass is 9.81. The molecule has 0 unspecified atom stereocenters. The van der Waals surface area contributed by atoms with Gasteiger partial charge in [-0.3, -0.25) is 10.4 Å². The second-order valence-corrected chi connectivity index (χ2v) is 16.9. The second-order valence-electron chi connectivity index (χ2n) is 16.9. The summed E-state index contributed by atoms with van der Waals surface area (Å²) in [6.45, 7) is 4.71. The van der Waals surface area contributed by atoms with Crippen molar-refractivity contribution in [3.05, 3.63) is 240 Å². The molecule has 10 aromatic rings. The van der Waals surface area contributed by atoms with Gasteiger partial charge in [-0.25, -0.2) is 4.99 Å². The number of amidine groups is 1. The molecule has 0 saturated heterocycles. The first kappa shape index (κ1) is 38.0. The Hall–Kier alpha value is -8.01. The fourth-order valence-electron chi connectivity index (χ4n) is 9.72. The number of aliphatic imine (C=N–C) groups is 1. The molecule has 0 saturated carbocycles. The van der Waals surface area contributed by atoms with E-state index in [1.165, 1.54) is 71.4 Å². The predicted octanol–water partition coefficient (Wildman–Crippen LogP) is 15.4. The van der Waals surface area contributed by atoms with Gasteiger partial charge in [0.1, 0.15) is 0 Å². The quantitative estimate of drug-likeness (QED) is 0.127. The van der Waals surface area contributed by atoms with Gasteiger partial charge in [-0.2, -0.15) is 0 Å². The molecule has 298 valence electrons. The van der Waals surface area contributed by atoms with E-state index in [1.807, 2.05) is 54.7 Å². The van der Waals surface area contributed by atoms with Crippen LogP contribution in [0.5, 0.6) is 0 Å². The highest BCUT2D eigenvalue weighted by Crippen LogP contribution is 2.52. The van der Waals surface area contributed by atoms with Crippen LogP contribution in [0.2, 0.25) is 0 Å². The first-order valence-electron chi connectivity index (χ1n) is 21.6. The summed E-state index contributed by atoms with van der Waals surface area (Å²) >= 11 is 0. The van der Waals surface area contributed by atoms with E-state index >= 15 is 0 Å². The Labute approximate surface area is 367 Å². The second kappa shape index (κ2) is 15.5. The third-order valence-electron chi connectivity index (χ3n) is 12.9. The van der Waals surface area contributed by atoms with Crippen LogP contribution in [-0.2, 0) is 5.41 Å². The standard InChI is InChI=1S/C60H43N3/c1-60(2)55-32-27-43(37-54(55)58-48-21-7-6-14-39(48)26-33-56(58)60)47-30-31-53(51-24-11-10-23-50(47)51)52-29-25-40(46-20-8-9-22-49(46)52)28-34-57(63-59(61)41-15-4-3-5-16-41)44-18-12-17-42(36-44)45-19-13-35-62-38-45/h3-38,61H,1-2H3/b34-28+,61-59?,63-57?. The van der Waals surface area contributed by atoms with Crippen LogP contribution in [0.4, 0.5) is 0 Å². The van der Waals surface area contributed by atoms with Gasteiger partial charge in [-0.1, -0.05) is 196 Å². The molecule has 3 heteroatoms. The monoisotopic (exact) mass is 805 g/mol. The molecule has 3 nitrogen and oxygen atoms in total. The lowest BCUT2D eigenvalue weighted by Crippen LogP contribution is -2.14. The molecule has 0 amide bonds. The number of hydrogen-bond acceptors (Lipinski definition) is 2. The van der Waals surface area contributed by atoms with Crippen LogP contribution < -0.4 is 0 Å². The number of nitrogens with zero attached hydrogens (tertiary/aromatic N) is 2. The van der Waals surface area contributed by atoms with Gasteiger partial charge >= 0.3 is 0 Å². The van der Waals surface area contributed by atoms with Crippen LogP contribution >= 0.6 is 0 Å². The van der Waals surface area contributed by atoms with Gasteiger partial charge in [0, 0.05) is 34.5 Å². The van der Waals surface area contributed by atoms with E-state index < -0.39 is 0 Å². The Kier molecular flexibility index (Phi) is 9.32. The van der Waals surface area contributed by atoms with E-state index in [1.54, 1.807) is 6.20 Å². The van der Waals surface area contributed by atoms with Crippen molar-refractivity contribution in [1.82, 2.24) is 4.98 Å². The summed E-state index contributed by atoms with van der Waals surface area (Å²) in [4.78, 5) is 9.27. The fraction of sp³-hybridized carbons (Fsp3) is 0.0500. The number of nitrogens with one attached hydrogen (secondary N) is 1. The minimum Gasteiger partial charge on any atom is -0.282 e. The first-order chi connectivity index (χ1) is 30.9. The van der Waals surface area contributed by atoms with Crippen LogP contribution in [0.1, 0.15) is 41.7 Å². The Bertz CT molecular complexity index is 3490. The van der Waals surface area contributed by atoms with Crippen molar-refractivity contribution in [3.63, 3.8) is 0 Å².